The molecular formula is C126H200N4O19. The number of Topliss-reactive ketones (excluding diaryl/α,β-unsaturated/α-hetero) is 5. The lowest BCUT2D eigenvalue weighted by molar-refractivity contribution is -0.140. The standard InChI is InChI=1S/C14H24O3.C13H23NO3.2C12H16O.2C11H14O.C11H16.2C7H12O2.C6H7NO.2C5H5NO2.6C2H6/c1-10(2)11(3)13(16)17-9-7-8-12(15)14(4,5)6;1-9(2)10(3)11(15)17-8-7-14-12(16)13(4,5)6;2*1-12(2,3)11(13)9-10-7-5-4-6-8-10;2*1-11(2,3)10(12)9-7-5-4-6-8-9;1-11(2,3)9-10-7-5-4-6-8-10;2*1-5(2)6(3)7(8)9-4;1-5-3-4-6(8)7(5)2;2*1-6-4(7)2-3-5(6)8;6*1-2/h7-9H2,1-6H3;7-8H2,1-6H3,(H,14,16);2*4-8H,9H2,1-3H3;2*4-8H,1-3H3;4-8H,9H2,1-3H3;2*1-4H3;3-4H,1H2,2H3;2*2-3H,1H3;6*1-2H3. The normalized spacial score (nSPS) is 11.3. The van der Waals surface area contributed by atoms with Crippen LogP contribution in [0.5, 0.6) is 0 Å². The van der Waals surface area contributed by atoms with Gasteiger partial charge in [-0.15, -0.1) is 0 Å². The van der Waals surface area contributed by atoms with E-state index < -0.39 is 5.41 Å². The third-order valence-electron chi connectivity index (χ3n) is 19.9. The predicted molar refractivity (Wildman–Crippen MR) is 621 cm³/mol. The molecule has 0 spiro atoms. The van der Waals surface area contributed by atoms with Gasteiger partial charge in [-0.3, -0.25) is 62.5 Å². The van der Waals surface area contributed by atoms with E-state index in [4.69, 9.17) is 9.47 Å². The maximum absolute atomic E-state index is 11.7. The zero-order chi connectivity index (χ0) is 119. The minimum atomic E-state index is -0.417. The van der Waals surface area contributed by atoms with Crippen LogP contribution in [0.3, 0.4) is 0 Å². The van der Waals surface area contributed by atoms with E-state index in [-0.39, 0.29) is 110 Å². The summed E-state index contributed by atoms with van der Waals surface area (Å²) >= 11 is 0. The van der Waals surface area contributed by atoms with Gasteiger partial charge < -0.3 is 29.2 Å². The Morgan fingerprint density at radius 3 is 0.718 bits per heavy atom. The summed E-state index contributed by atoms with van der Waals surface area (Å²) in [6, 6.07) is 49.2. The number of amides is 6. The number of carbonyl (C=O) groups excluding carboxylic acids is 15. The first kappa shape index (κ1) is 157. The van der Waals surface area contributed by atoms with Crippen LogP contribution in [0.2, 0.25) is 0 Å². The van der Waals surface area contributed by atoms with Gasteiger partial charge in [0.25, 0.3) is 29.5 Å². The van der Waals surface area contributed by atoms with Crippen molar-refractivity contribution in [2.75, 3.05) is 55.1 Å². The minimum Gasteiger partial charge on any atom is -0.466 e. The Morgan fingerprint density at radius 1 is 0.295 bits per heavy atom. The van der Waals surface area contributed by atoms with Crippen LogP contribution in [0.1, 0.15) is 362 Å². The summed E-state index contributed by atoms with van der Waals surface area (Å²) in [6.07, 6.45) is 11.5. The van der Waals surface area contributed by atoms with Crippen molar-refractivity contribution in [3.8, 4) is 0 Å². The van der Waals surface area contributed by atoms with Crippen LogP contribution >= 0.6 is 0 Å². The first-order valence-corrected chi connectivity index (χ1v) is 51.7. The van der Waals surface area contributed by atoms with E-state index in [1.807, 2.05) is 384 Å². The molecule has 3 heterocycles. The van der Waals surface area contributed by atoms with Gasteiger partial charge >= 0.3 is 23.9 Å². The molecule has 5 aromatic rings. The fourth-order valence-electron chi connectivity index (χ4n) is 9.51. The fourth-order valence-corrected chi connectivity index (χ4v) is 9.51. The molecule has 6 amide bonds. The van der Waals surface area contributed by atoms with E-state index >= 15 is 0 Å². The number of hydrogen-bond acceptors (Lipinski definition) is 19. The third-order valence-corrected chi connectivity index (χ3v) is 19.9. The Hall–Kier alpha value is -12.5. The topological polar surface area (TPSA) is 315 Å². The summed E-state index contributed by atoms with van der Waals surface area (Å²) in [5.74, 6) is -0.915. The summed E-state index contributed by atoms with van der Waals surface area (Å²) < 4.78 is 19.0. The lowest BCUT2D eigenvalue weighted by atomic mass is 9.87. The number of allylic oxidation sites excluding steroid dienone is 5. The SMILES string of the molecule is C=C1C=CC(=O)N1C.CC.CC.CC.CC.CC.CC.CC(C)(C)C(=O)Cc1ccccc1.CC(C)(C)C(=O)Cc1ccccc1.CC(C)(C)C(=O)c1ccccc1.CC(C)(C)C(=O)c1ccccc1.CC(C)(C)Cc1ccccc1.CC(C)=C(C)C(=O)OCCCC(=O)C(C)(C)C.CC(C)=C(C)C(=O)OCCNC(=O)C(C)(C)C.CN1C(=O)C=CC1=O.CN1C(=O)C=CC1=O.COC(=O)C(C)=C(C)C.COC(=O)C(C)=C(C)C. The van der Waals surface area contributed by atoms with Crippen LogP contribution in [-0.4, -0.2) is 158 Å². The Labute approximate surface area is 903 Å². The molecule has 0 fully saturated rings. The molecular weight excluding hydrogens is 1870 g/mol. The molecule has 0 atom stereocenters. The van der Waals surface area contributed by atoms with Crippen LogP contribution in [0, 0.1) is 37.9 Å². The molecule has 0 aliphatic carbocycles. The molecule has 0 saturated heterocycles. The second kappa shape index (κ2) is 85.3. The molecule has 0 unspecified atom stereocenters. The van der Waals surface area contributed by atoms with Crippen LogP contribution in [0.25, 0.3) is 0 Å². The summed E-state index contributed by atoms with van der Waals surface area (Å²) in [7, 11) is 7.36. The average Bonchev–Trinajstić information content (AvgIpc) is 1.76. The van der Waals surface area contributed by atoms with Gasteiger partial charge in [-0.25, -0.2) is 19.2 Å². The number of hydrogen-bond donors (Lipinski definition) is 1. The van der Waals surface area contributed by atoms with Gasteiger partial charge in [0, 0.05) is 142 Å². The quantitative estimate of drug-likeness (QED) is 0.0213. The van der Waals surface area contributed by atoms with E-state index in [2.05, 4.69) is 72.5 Å². The van der Waals surface area contributed by atoms with Gasteiger partial charge in [0.1, 0.15) is 24.0 Å². The first-order valence-electron chi connectivity index (χ1n) is 51.7. The highest BCUT2D eigenvalue weighted by Crippen LogP contribution is 2.25. The van der Waals surface area contributed by atoms with Crippen molar-refractivity contribution in [3.63, 3.8) is 0 Å². The van der Waals surface area contributed by atoms with Gasteiger partial charge in [-0.2, -0.15) is 0 Å². The van der Waals surface area contributed by atoms with Crippen molar-refractivity contribution in [1.29, 1.82) is 0 Å². The monoisotopic (exact) mass is 2070 g/mol. The van der Waals surface area contributed by atoms with E-state index in [0.717, 1.165) is 66.5 Å². The van der Waals surface area contributed by atoms with Crippen molar-refractivity contribution >= 4 is 88.2 Å². The van der Waals surface area contributed by atoms with E-state index in [1.54, 1.807) is 40.8 Å². The third kappa shape index (κ3) is 80.2. The fraction of sp³-hybridized carbons (Fsp3) is 0.516. The lowest BCUT2D eigenvalue weighted by Gasteiger charge is -2.17. The molecule has 0 aromatic heterocycles. The lowest BCUT2D eigenvalue weighted by Crippen LogP contribution is -2.37. The van der Waals surface area contributed by atoms with Crippen LogP contribution < -0.4 is 5.32 Å². The highest BCUT2D eigenvalue weighted by molar-refractivity contribution is 6.13. The number of carbonyl (C=O) groups is 15. The molecule has 149 heavy (non-hydrogen) atoms. The van der Waals surface area contributed by atoms with Crippen molar-refractivity contribution in [3.05, 3.63) is 273 Å². The zero-order valence-electron chi connectivity index (χ0n) is 102. The van der Waals surface area contributed by atoms with E-state index in [0.29, 0.717) is 78.1 Å². The van der Waals surface area contributed by atoms with Crippen molar-refractivity contribution in [1.82, 2.24) is 20.0 Å². The maximum Gasteiger partial charge on any atom is 0.333 e. The Balaban J connectivity index is -0.000000176. The molecule has 838 valence electrons. The molecule has 3 aliphatic rings. The van der Waals surface area contributed by atoms with Gasteiger partial charge in [0.15, 0.2) is 11.6 Å². The number of rotatable bonds is 18. The number of esters is 4. The Morgan fingerprint density at radius 2 is 0.530 bits per heavy atom. The molecule has 3 aliphatic heterocycles. The number of nitrogens with one attached hydrogen (secondary N) is 1. The highest BCUT2D eigenvalue weighted by Gasteiger charge is 2.27. The molecule has 23 nitrogen and oxygen atoms in total. The van der Waals surface area contributed by atoms with Crippen molar-refractivity contribution in [2.45, 2.75) is 344 Å². The highest BCUT2D eigenvalue weighted by atomic mass is 16.5. The Bertz CT molecular complexity index is 4580. The van der Waals surface area contributed by atoms with E-state index in [1.165, 1.54) is 69.2 Å². The number of imide groups is 2. The van der Waals surface area contributed by atoms with Gasteiger partial charge in [0.05, 0.1) is 27.4 Å². The summed E-state index contributed by atoms with van der Waals surface area (Å²) in [5.41, 5.74) is 11.2. The average molecular weight is 2070 g/mol. The van der Waals surface area contributed by atoms with Gasteiger partial charge in [0.2, 0.25) is 5.91 Å². The van der Waals surface area contributed by atoms with Crippen LogP contribution in [-0.2, 0) is 101 Å². The summed E-state index contributed by atoms with van der Waals surface area (Å²) in [4.78, 5) is 170. The molecule has 5 aromatic carbocycles. The number of likely N-dealkylation sites (N-methyl/N-ethyl adjacent to an activating group) is 3. The molecule has 1 N–H and O–H groups in total. The molecule has 23 heteroatoms. The molecule has 8 rings (SSSR count). The second-order valence-electron chi connectivity index (χ2n) is 40.7. The molecule has 0 bridgehead atoms. The smallest absolute Gasteiger partial charge is 0.333 e. The van der Waals surface area contributed by atoms with Gasteiger partial charge in [-0.1, -0.05) is 409 Å². The largest absolute Gasteiger partial charge is 0.466 e. The van der Waals surface area contributed by atoms with E-state index in [9.17, 15) is 71.9 Å². The predicted octanol–water partition coefficient (Wildman–Crippen LogP) is 28.9. The second-order valence-corrected chi connectivity index (χ2v) is 40.7. The maximum atomic E-state index is 11.7. The van der Waals surface area contributed by atoms with Crippen molar-refractivity contribution in [2.24, 2.45) is 37.9 Å². The van der Waals surface area contributed by atoms with Crippen LogP contribution in [0.15, 0.2) is 245 Å². The number of methoxy groups -OCH3 is 2. The number of ether oxygens (including phenoxy) is 4. The summed E-state index contributed by atoms with van der Waals surface area (Å²) in [5, 5.41) is 2.71. The summed E-state index contributed by atoms with van der Waals surface area (Å²) in [6.45, 7) is 91.8. The first-order chi connectivity index (χ1) is 68.8. The molecule has 0 radical (unpaired) electrons. The number of benzene rings is 5. The Kier molecular flexibility index (Phi) is 89.6. The number of ketones is 5. The zero-order valence-corrected chi connectivity index (χ0v) is 102. The minimum absolute atomic E-state index is 0.00926. The number of nitrogens with zero attached hydrogens (tertiary/aromatic N) is 3. The molecule has 0 saturated carbocycles. The van der Waals surface area contributed by atoms with Crippen LogP contribution in [0.4, 0.5) is 0 Å². The van der Waals surface area contributed by atoms with Crippen molar-refractivity contribution < 1.29 is 90.9 Å². The van der Waals surface area contributed by atoms with Gasteiger partial charge in [-0.05, 0) is 124 Å².